The number of benzene rings is 2. The van der Waals surface area contributed by atoms with Crippen LogP contribution in [-0.2, 0) is 13.1 Å². The first kappa shape index (κ1) is 15.7. The quantitative estimate of drug-likeness (QED) is 0.782. The molecular formula is C18H24N2O. The third-order valence-electron chi connectivity index (χ3n) is 3.71. The van der Waals surface area contributed by atoms with E-state index in [1.165, 1.54) is 11.1 Å². The monoisotopic (exact) mass is 284 g/mol. The maximum Gasteiger partial charge on any atom is 0.0446 e. The highest BCUT2D eigenvalue weighted by molar-refractivity contribution is 5.17. The van der Waals surface area contributed by atoms with Crippen molar-refractivity contribution in [3.8, 4) is 0 Å². The van der Waals surface area contributed by atoms with Crippen LogP contribution in [0.3, 0.4) is 0 Å². The molecule has 2 aromatic rings. The van der Waals surface area contributed by atoms with Crippen LogP contribution in [0.1, 0.15) is 17.5 Å². The molecule has 0 aliphatic heterocycles. The fourth-order valence-electron chi connectivity index (χ4n) is 2.55. The maximum absolute atomic E-state index is 9.27. The number of hydrogen-bond acceptors (Lipinski definition) is 3. The lowest BCUT2D eigenvalue weighted by atomic mass is 10.1. The van der Waals surface area contributed by atoms with Crippen LogP contribution in [0, 0.1) is 0 Å². The summed E-state index contributed by atoms with van der Waals surface area (Å²) in [6.07, 6.45) is 0.705. The minimum absolute atomic E-state index is 0.169. The van der Waals surface area contributed by atoms with Crippen molar-refractivity contribution in [2.45, 2.75) is 25.6 Å². The minimum Gasteiger partial charge on any atom is -0.396 e. The number of nitrogens with zero attached hydrogens (tertiary/aromatic N) is 1. The van der Waals surface area contributed by atoms with Gasteiger partial charge in [0, 0.05) is 32.3 Å². The normalized spacial score (nSPS) is 12.5. The predicted molar refractivity (Wildman–Crippen MR) is 86.7 cm³/mol. The van der Waals surface area contributed by atoms with Gasteiger partial charge in [-0.15, -0.1) is 0 Å². The molecule has 0 saturated carbocycles. The number of aliphatic hydroxyl groups excluding tert-OH is 1. The summed E-state index contributed by atoms with van der Waals surface area (Å²) >= 11 is 0. The molecule has 0 radical (unpaired) electrons. The number of rotatable bonds is 8. The highest BCUT2D eigenvalue weighted by atomic mass is 16.3. The molecule has 0 heterocycles. The Morgan fingerprint density at radius 2 is 1.33 bits per heavy atom. The Hall–Kier alpha value is -1.68. The van der Waals surface area contributed by atoms with E-state index in [0.717, 1.165) is 13.1 Å². The molecule has 0 fully saturated rings. The molecule has 0 unspecified atom stereocenters. The van der Waals surface area contributed by atoms with E-state index in [0.29, 0.717) is 13.0 Å². The molecule has 3 heteroatoms. The Morgan fingerprint density at radius 1 is 0.857 bits per heavy atom. The third-order valence-corrected chi connectivity index (χ3v) is 3.71. The van der Waals surface area contributed by atoms with Gasteiger partial charge < -0.3 is 10.8 Å². The van der Waals surface area contributed by atoms with E-state index in [1.54, 1.807) is 0 Å². The van der Waals surface area contributed by atoms with Crippen LogP contribution in [-0.4, -0.2) is 29.2 Å². The molecule has 112 valence electrons. The van der Waals surface area contributed by atoms with Gasteiger partial charge in [0.05, 0.1) is 0 Å². The van der Waals surface area contributed by atoms with E-state index >= 15 is 0 Å². The Bertz CT molecular complexity index is 460. The van der Waals surface area contributed by atoms with Crippen molar-refractivity contribution in [3.05, 3.63) is 71.8 Å². The van der Waals surface area contributed by atoms with Gasteiger partial charge in [-0.25, -0.2) is 0 Å². The van der Waals surface area contributed by atoms with Crippen LogP contribution < -0.4 is 5.73 Å². The highest BCUT2D eigenvalue weighted by Gasteiger charge is 2.17. The fourth-order valence-corrected chi connectivity index (χ4v) is 2.55. The van der Waals surface area contributed by atoms with Crippen molar-refractivity contribution in [1.29, 1.82) is 0 Å². The van der Waals surface area contributed by atoms with Gasteiger partial charge in [-0.1, -0.05) is 60.7 Å². The average Bonchev–Trinajstić information content (AvgIpc) is 2.54. The summed E-state index contributed by atoms with van der Waals surface area (Å²) in [5.74, 6) is 0. The summed E-state index contributed by atoms with van der Waals surface area (Å²) in [7, 11) is 0. The first-order chi connectivity index (χ1) is 10.3. The molecule has 0 aromatic heterocycles. The van der Waals surface area contributed by atoms with Gasteiger partial charge in [0.2, 0.25) is 0 Å². The third kappa shape index (κ3) is 4.97. The number of hydrogen-bond donors (Lipinski definition) is 2. The molecule has 0 amide bonds. The molecule has 0 saturated heterocycles. The Balaban J connectivity index is 2.13. The van der Waals surface area contributed by atoms with Gasteiger partial charge in [0.15, 0.2) is 0 Å². The molecule has 0 aliphatic rings. The van der Waals surface area contributed by atoms with Crippen molar-refractivity contribution in [3.63, 3.8) is 0 Å². The molecule has 1 atom stereocenters. The SMILES string of the molecule is NC[C@H](CCO)N(Cc1ccccc1)Cc1ccccc1. The van der Waals surface area contributed by atoms with E-state index in [1.807, 2.05) is 12.1 Å². The zero-order chi connectivity index (χ0) is 14.9. The van der Waals surface area contributed by atoms with Crippen molar-refractivity contribution in [2.24, 2.45) is 5.73 Å². The molecule has 0 spiro atoms. The number of aliphatic hydroxyl groups is 1. The Labute approximate surface area is 127 Å². The zero-order valence-electron chi connectivity index (χ0n) is 12.4. The van der Waals surface area contributed by atoms with E-state index in [4.69, 9.17) is 5.73 Å². The zero-order valence-corrected chi connectivity index (χ0v) is 12.4. The highest BCUT2D eigenvalue weighted by Crippen LogP contribution is 2.14. The first-order valence-electron chi connectivity index (χ1n) is 7.46. The van der Waals surface area contributed by atoms with Crippen LogP contribution in [0.25, 0.3) is 0 Å². The van der Waals surface area contributed by atoms with Crippen LogP contribution in [0.15, 0.2) is 60.7 Å². The standard InChI is InChI=1S/C18H24N2O/c19-13-18(11-12-21)20(14-16-7-3-1-4-8-16)15-17-9-5-2-6-10-17/h1-10,18,21H,11-15,19H2/t18-/m0/s1. The average molecular weight is 284 g/mol. The van der Waals surface area contributed by atoms with Crippen LogP contribution >= 0.6 is 0 Å². The summed E-state index contributed by atoms with van der Waals surface area (Å²) < 4.78 is 0. The van der Waals surface area contributed by atoms with E-state index in [2.05, 4.69) is 53.4 Å². The van der Waals surface area contributed by atoms with Crippen molar-refractivity contribution >= 4 is 0 Å². The first-order valence-corrected chi connectivity index (χ1v) is 7.46. The van der Waals surface area contributed by atoms with Gasteiger partial charge in [-0.3, -0.25) is 4.90 Å². The fraction of sp³-hybridized carbons (Fsp3) is 0.333. The second-order valence-corrected chi connectivity index (χ2v) is 5.28. The lowest BCUT2D eigenvalue weighted by Crippen LogP contribution is -2.40. The van der Waals surface area contributed by atoms with Gasteiger partial charge in [0.1, 0.15) is 0 Å². The molecule has 2 aromatic carbocycles. The number of nitrogens with two attached hydrogens (primary N) is 1. The molecule has 3 nitrogen and oxygen atoms in total. The summed E-state index contributed by atoms with van der Waals surface area (Å²) in [4.78, 5) is 2.35. The Kier molecular flexibility index (Phi) is 6.41. The molecule has 3 N–H and O–H groups in total. The van der Waals surface area contributed by atoms with Crippen LogP contribution in [0.2, 0.25) is 0 Å². The second kappa shape index (κ2) is 8.57. The van der Waals surface area contributed by atoms with Crippen molar-refractivity contribution in [1.82, 2.24) is 4.90 Å². The van der Waals surface area contributed by atoms with Gasteiger partial charge in [-0.05, 0) is 17.5 Å². The molecule has 0 bridgehead atoms. The summed E-state index contributed by atoms with van der Waals surface area (Å²) in [5, 5.41) is 9.27. The van der Waals surface area contributed by atoms with Crippen molar-refractivity contribution in [2.75, 3.05) is 13.2 Å². The van der Waals surface area contributed by atoms with E-state index in [-0.39, 0.29) is 12.6 Å². The lowest BCUT2D eigenvalue weighted by Gasteiger charge is -2.31. The molecule has 2 rings (SSSR count). The second-order valence-electron chi connectivity index (χ2n) is 5.28. The largest absolute Gasteiger partial charge is 0.396 e. The summed E-state index contributed by atoms with van der Waals surface area (Å²) in [5.41, 5.74) is 8.45. The van der Waals surface area contributed by atoms with E-state index in [9.17, 15) is 5.11 Å². The smallest absolute Gasteiger partial charge is 0.0446 e. The maximum atomic E-state index is 9.27. The van der Waals surface area contributed by atoms with Gasteiger partial charge in [0.25, 0.3) is 0 Å². The lowest BCUT2D eigenvalue weighted by molar-refractivity contribution is 0.146. The van der Waals surface area contributed by atoms with Crippen molar-refractivity contribution < 1.29 is 5.11 Å². The predicted octanol–water partition coefficient (Wildman–Crippen LogP) is 2.40. The topological polar surface area (TPSA) is 49.5 Å². The molecule has 21 heavy (non-hydrogen) atoms. The minimum atomic E-state index is 0.169. The van der Waals surface area contributed by atoms with Crippen LogP contribution in [0.4, 0.5) is 0 Å². The van der Waals surface area contributed by atoms with E-state index < -0.39 is 0 Å². The molecular weight excluding hydrogens is 260 g/mol. The molecule has 0 aliphatic carbocycles. The van der Waals surface area contributed by atoms with Gasteiger partial charge >= 0.3 is 0 Å². The summed E-state index contributed by atoms with van der Waals surface area (Å²) in [6.45, 7) is 2.41. The van der Waals surface area contributed by atoms with Gasteiger partial charge in [-0.2, -0.15) is 0 Å². The summed E-state index contributed by atoms with van der Waals surface area (Å²) in [6, 6.07) is 21.0. The Morgan fingerprint density at radius 3 is 1.71 bits per heavy atom. The van der Waals surface area contributed by atoms with Crippen LogP contribution in [0.5, 0.6) is 0 Å².